The number of para-hydroxylation sites is 2. The first kappa shape index (κ1) is 22.5. The topological polar surface area (TPSA) is 71.8 Å². The summed E-state index contributed by atoms with van der Waals surface area (Å²) in [6, 6.07) is 22.8. The lowest BCUT2D eigenvalue weighted by molar-refractivity contribution is 0.115. The van der Waals surface area contributed by atoms with Gasteiger partial charge in [0.25, 0.3) is 0 Å². The van der Waals surface area contributed by atoms with Crippen molar-refractivity contribution in [3.05, 3.63) is 78.4 Å². The molecule has 7 heteroatoms. The molecule has 0 aliphatic heterocycles. The van der Waals surface area contributed by atoms with Crippen LogP contribution in [0, 0.1) is 6.92 Å². The molecule has 1 atom stereocenters. The molecule has 0 bridgehead atoms. The molecule has 0 saturated heterocycles. The summed E-state index contributed by atoms with van der Waals surface area (Å²) < 4.78 is 35.0. The van der Waals surface area contributed by atoms with E-state index in [2.05, 4.69) is 16.7 Å². The summed E-state index contributed by atoms with van der Waals surface area (Å²) in [5.41, 5.74) is 3.01. The Balaban J connectivity index is 1.63. The van der Waals surface area contributed by atoms with Gasteiger partial charge in [-0.05, 0) is 31.2 Å². The Bertz CT molecular complexity index is 1260. The quantitative estimate of drug-likeness (QED) is 0.419. The smallest absolute Gasteiger partial charge is 0.243 e. The van der Waals surface area contributed by atoms with Gasteiger partial charge in [-0.1, -0.05) is 54.1 Å². The molecule has 4 aromatic rings. The van der Waals surface area contributed by atoms with Gasteiger partial charge >= 0.3 is 0 Å². The van der Waals surface area contributed by atoms with Crippen LogP contribution in [0.25, 0.3) is 21.8 Å². The summed E-state index contributed by atoms with van der Waals surface area (Å²) in [6.07, 6.45) is -0.897. The van der Waals surface area contributed by atoms with E-state index in [1.165, 1.54) is 11.4 Å². The zero-order valence-corrected chi connectivity index (χ0v) is 19.1. The van der Waals surface area contributed by atoms with Crippen molar-refractivity contribution in [2.75, 3.05) is 26.8 Å². The van der Waals surface area contributed by atoms with Crippen LogP contribution >= 0.6 is 0 Å². The maximum absolute atomic E-state index is 13.3. The second kappa shape index (κ2) is 9.42. The predicted octanol–water partition coefficient (Wildman–Crippen LogP) is 3.80. The van der Waals surface area contributed by atoms with Crippen molar-refractivity contribution in [3.8, 4) is 0 Å². The number of hydrogen-bond acceptors (Lipinski definition) is 4. The molecule has 3 aromatic carbocycles. The minimum Gasteiger partial charge on any atom is -0.390 e. The Kier molecular flexibility index (Phi) is 6.62. The average molecular weight is 453 g/mol. The number of methoxy groups -OCH3 is 1. The van der Waals surface area contributed by atoms with Crippen molar-refractivity contribution in [2.24, 2.45) is 0 Å². The molecule has 4 rings (SSSR count). The van der Waals surface area contributed by atoms with Crippen molar-refractivity contribution in [2.45, 2.75) is 24.5 Å². The van der Waals surface area contributed by atoms with Crippen molar-refractivity contribution in [1.82, 2.24) is 8.87 Å². The number of aliphatic hydroxyl groups excluding tert-OH is 1. The van der Waals surface area contributed by atoms with Crippen LogP contribution in [0.15, 0.2) is 77.7 Å². The summed E-state index contributed by atoms with van der Waals surface area (Å²) >= 11 is 0. The first-order valence-electron chi connectivity index (χ1n) is 10.6. The molecule has 0 aliphatic rings. The molecule has 0 saturated carbocycles. The normalized spacial score (nSPS) is 13.2. The van der Waals surface area contributed by atoms with Crippen LogP contribution in [0.3, 0.4) is 0 Å². The van der Waals surface area contributed by atoms with Crippen LogP contribution in [0.5, 0.6) is 0 Å². The van der Waals surface area contributed by atoms with Crippen LogP contribution in [0.1, 0.15) is 5.56 Å². The number of nitrogens with zero attached hydrogens (tertiary/aromatic N) is 2. The van der Waals surface area contributed by atoms with Crippen LogP contribution in [0.2, 0.25) is 0 Å². The molecule has 0 aliphatic carbocycles. The minimum atomic E-state index is -3.76. The summed E-state index contributed by atoms with van der Waals surface area (Å²) in [4.78, 5) is 0.211. The van der Waals surface area contributed by atoms with E-state index >= 15 is 0 Å². The molecule has 0 unspecified atom stereocenters. The van der Waals surface area contributed by atoms with Crippen LogP contribution in [0.4, 0.5) is 0 Å². The maximum Gasteiger partial charge on any atom is 0.243 e. The predicted molar refractivity (Wildman–Crippen MR) is 127 cm³/mol. The first-order valence-corrected chi connectivity index (χ1v) is 12.1. The van der Waals surface area contributed by atoms with Gasteiger partial charge in [-0.2, -0.15) is 4.31 Å². The standard InChI is InChI=1S/C25H28N2O4S/c1-19-11-13-21(14-12-19)32(29,30)26(15-16-31-2)17-20(28)18-27-24-9-5-3-7-22(24)23-8-4-6-10-25(23)27/h3-14,20,28H,15-18H2,1-2H3/t20-/m1/s1. The van der Waals surface area contributed by atoms with Crippen molar-refractivity contribution >= 4 is 31.8 Å². The van der Waals surface area contributed by atoms with E-state index in [1.54, 1.807) is 24.3 Å². The van der Waals surface area contributed by atoms with Crippen LogP contribution in [-0.4, -0.2) is 55.3 Å². The lowest BCUT2D eigenvalue weighted by Gasteiger charge is -2.25. The highest BCUT2D eigenvalue weighted by molar-refractivity contribution is 7.89. The van der Waals surface area contributed by atoms with E-state index in [-0.39, 0.29) is 31.1 Å². The molecule has 1 N–H and O–H groups in total. The van der Waals surface area contributed by atoms with Gasteiger partial charge in [0, 0.05) is 42.0 Å². The van der Waals surface area contributed by atoms with E-state index in [1.807, 2.05) is 43.3 Å². The second-order valence-electron chi connectivity index (χ2n) is 7.97. The molecule has 0 radical (unpaired) electrons. The van der Waals surface area contributed by atoms with Gasteiger partial charge in [0.2, 0.25) is 10.0 Å². The highest BCUT2D eigenvalue weighted by Crippen LogP contribution is 2.29. The fraction of sp³-hybridized carbons (Fsp3) is 0.280. The fourth-order valence-corrected chi connectivity index (χ4v) is 5.53. The van der Waals surface area contributed by atoms with Crippen LogP contribution in [-0.2, 0) is 21.3 Å². The zero-order chi connectivity index (χ0) is 22.7. The Morgan fingerprint density at radius 2 is 1.50 bits per heavy atom. The molecule has 6 nitrogen and oxygen atoms in total. The van der Waals surface area contributed by atoms with Gasteiger partial charge < -0.3 is 14.4 Å². The largest absolute Gasteiger partial charge is 0.390 e. The molecular weight excluding hydrogens is 424 g/mol. The molecular formula is C25H28N2O4S. The lowest BCUT2D eigenvalue weighted by atomic mass is 10.2. The number of benzene rings is 3. The third kappa shape index (κ3) is 4.42. The second-order valence-corrected chi connectivity index (χ2v) is 9.91. The number of hydrogen-bond donors (Lipinski definition) is 1. The molecule has 1 heterocycles. The SMILES string of the molecule is COCCN(C[C@@H](O)Cn1c2ccccc2c2ccccc21)S(=O)(=O)c1ccc(C)cc1. The van der Waals surface area contributed by atoms with E-state index in [4.69, 9.17) is 4.74 Å². The highest BCUT2D eigenvalue weighted by Gasteiger charge is 2.27. The molecule has 0 spiro atoms. The van der Waals surface area contributed by atoms with E-state index in [0.717, 1.165) is 27.4 Å². The van der Waals surface area contributed by atoms with Gasteiger partial charge in [-0.15, -0.1) is 0 Å². The van der Waals surface area contributed by atoms with Gasteiger partial charge in [0.15, 0.2) is 0 Å². The first-order chi connectivity index (χ1) is 15.4. The number of sulfonamides is 1. The third-order valence-electron chi connectivity index (χ3n) is 5.69. The monoisotopic (exact) mass is 452 g/mol. The Labute approximate surface area is 188 Å². The summed E-state index contributed by atoms with van der Waals surface area (Å²) in [5, 5.41) is 13.2. The summed E-state index contributed by atoms with van der Waals surface area (Å²) in [5.74, 6) is 0. The Morgan fingerprint density at radius 1 is 0.938 bits per heavy atom. The van der Waals surface area contributed by atoms with Crippen molar-refractivity contribution in [1.29, 1.82) is 0 Å². The maximum atomic E-state index is 13.3. The summed E-state index contributed by atoms with van der Waals surface area (Å²) in [6.45, 7) is 2.57. The molecule has 0 amide bonds. The molecule has 32 heavy (non-hydrogen) atoms. The Hall–Kier alpha value is -2.71. The summed E-state index contributed by atoms with van der Waals surface area (Å²) in [7, 11) is -2.23. The number of aromatic nitrogens is 1. The Morgan fingerprint density at radius 3 is 2.06 bits per heavy atom. The third-order valence-corrected chi connectivity index (χ3v) is 7.57. The van der Waals surface area contributed by atoms with Gasteiger partial charge in [-0.3, -0.25) is 0 Å². The number of aliphatic hydroxyl groups is 1. The fourth-order valence-electron chi connectivity index (χ4n) is 4.07. The van der Waals surface area contributed by atoms with Crippen molar-refractivity contribution in [3.63, 3.8) is 0 Å². The van der Waals surface area contributed by atoms with Crippen molar-refractivity contribution < 1.29 is 18.3 Å². The van der Waals surface area contributed by atoms with Gasteiger partial charge in [-0.25, -0.2) is 8.42 Å². The molecule has 1 aromatic heterocycles. The van der Waals surface area contributed by atoms with E-state index in [0.29, 0.717) is 0 Å². The molecule has 0 fully saturated rings. The highest BCUT2D eigenvalue weighted by atomic mass is 32.2. The van der Waals surface area contributed by atoms with Crippen LogP contribution < -0.4 is 0 Å². The number of rotatable bonds is 9. The lowest BCUT2D eigenvalue weighted by Crippen LogP contribution is -2.40. The number of fused-ring (bicyclic) bond motifs is 3. The number of ether oxygens (including phenoxy) is 1. The number of aryl methyl sites for hydroxylation is 1. The van der Waals surface area contributed by atoms with Gasteiger partial charge in [0.1, 0.15) is 0 Å². The molecule has 168 valence electrons. The zero-order valence-electron chi connectivity index (χ0n) is 18.3. The van der Waals surface area contributed by atoms with E-state index in [9.17, 15) is 13.5 Å². The minimum absolute atomic E-state index is 0.0274. The average Bonchev–Trinajstić information content (AvgIpc) is 3.10. The van der Waals surface area contributed by atoms with E-state index < -0.39 is 16.1 Å². The van der Waals surface area contributed by atoms with Gasteiger partial charge in [0.05, 0.1) is 24.2 Å².